The maximum atomic E-state index is 11.7. The molecule has 1 aliphatic heterocycles. The van der Waals surface area contributed by atoms with Crippen LogP contribution in [-0.2, 0) is 4.79 Å². The lowest BCUT2D eigenvalue weighted by Crippen LogP contribution is -2.38. The summed E-state index contributed by atoms with van der Waals surface area (Å²) >= 11 is 0. The Hall–Kier alpha value is -1.83. The molecule has 1 N–H and O–H groups in total. The zero-order chi connectivity index (χ0) is 11.0. The summed E-state index contributed by atoms with van der Waals surface area (Å²) in [6, 6.07) is 0.118. The van der Waals surface area contributed by atoms with Crippen molar-refractivity contribution in [2.75, 3.05) is 0 Å². The van der Waals surface area contributed by atoms with E-state index in [2.05, 4.69) is 35.7 Å². The maximum Gasteiger partial charge on any atom is 0.244 e. The molecule has 0 saturated heterocycles. The normalized spacial score (nSPS) is 34.9. The molecule has 0 aromatic heterocycles. The number of carbonyl (C=O) groups is 1. The quantitative estimate of drug-likeness (QED) is 0.651. The molecule has 2 aliphatic carbocycles. The molecule has 0 bridgehead atoms. The molecular formula is C14H13NO. The van der Waals surface area contributed by atoms with Crippen LogP contribution in [0.4, 0.5) is 0 Å². The first-order chi connectivity index (χ1) is 7.84. The van der Waals surface area contributed by atoms with Crippen LogP contribution in [0.15, 0.2) is 60.3 Å². The smallest absolute Gasteiger partial charge is 0.244 e. The number of carbonyl (C=O) groups excluding carboxylic acids is 1. The predicted octanol–water partition coefficient (Wildman–Crippen LogP) is 1.90. The van der Waals surface area contributed by atoms with Crippen molar-refractivity contribution in [2.24, 2.45) is 11.8 Å². The largest absolute Gasteiger partial charge is 0.346 e. The van der Waals surface area contributed by atoms with Gasteiger partial charge in [-0.15, -0.1) is 0 Å². The fourth-order valence-corrected chi connectivity index (χ4v) is 2.54. The van der Waals surface area contributed by atoms with Crippen LogP contribution in [0.3, 0.4) is 0 Å². The van der Waals surface area contributed by atoms with Gasteiger partial charge in [-0.1, -0.05) is 48.6 Å². The number of allylic oxidation sites excluding steroid dienone is 7. The van der Waals surface area contributed by atoms with E-state index in [4.69, 9.17) is 0 Å². The number of hydrogen-bond acceptors (Lipinski definition) is 1. The van der Waals surface area contributed by atoms with Crippen LogP contribution in [0.5, 0.6) is 0 Å². The molecule has 3 atom stereocenters. The maximum absolute atomic E-state index is 11.7. The Kier molecular flexibility index (Phi) is 2.13. The highest BCUT2D eigenvalue weighted by Gasteiger charge is 2.31. The zero-order valence-electron chi connectivity index (χ0n) is 8.84. The lowest BCUT2D eigenvalue weighted by Gasteiger charge is -2.29. The Labute approximate surface area is 94.7 Å². The number of amides is 1. The van der Waals surface area contributed by atoms with Crippen LogP contribution in [0.2, 0.25) is 0 Å². The molecule has 3 rings (SSSR count). The van der Waals surface area contributed by atoms with E-state index < -0.39 is 0 Å². The molecular weight excluding hydrogens is 198 g/mol. The van der Waals surface area contributed by atoms with Crippen molar-refractivity contribution < 1.29 is 4.79 Å². The van der Waals surface area contributed by atoms with Gasteiger partial charge < -0.3 is 5.32 Å². The van der Waals surface area contributed by atoms with Crippen molar-refractivity contribution >= 4 is 5.91 Å². The predicted molar refractivity (Wildman–Crippen MR) is 63.6 cm³/mol. The van der Waals surface area contributed by atoms with Gasteiger partial charge in [-0.05, 0) is 5.57 Å². The number of hydrogen-bond donors (Lipinski definition) is 1. The summed E-state index contributed by atoms with van der Waals surface area (Å²) in [5.41, 5.74) is 1.10. The van der Waals surface area contributed by atoms with Crippen LogP contribution in [0.25, 0.3) is 0 Å². The fourth-order valence-electron chi connectivity index (χ4n) is 2.54. The number of rotatable bonds is 0. The Morgan fingerprint density at radius 1 is 1.00 bits per heavy atom. The van der Waals surface area contributed by atoms with Gasteiger partial charge in [-0.2, -0.15) is 0 Å². The molecule has 0 aromatic rings. The van der Waals surface area contributed by atoms with Crippen LogP contribution in [0.1, 0.15) is 0 Å². The number of nitrogens with one attached hydrogen (secondary N) is 1. The Morgan fingerprint density at radius 2 is 1.81 bits per heavy atom. The highest BCUT2D eigenvalue weighted by Crippen LogP contribution is 2.33. The fraction of sp³-hybridized carbons (Fsp3) is 0.214. The minimum atomic E-state index is 0.00685. The van der Waals surface area contributed by atoms with Gasteiger partial charge in [0.15, 0.2) is 0 Å². The van der Waals surface area contributed by atoms with Crippen molar-refractivity contribution in [3.8, 4) is 0 Å². The second kappa shape index (κ2) is 3.63. The van der Waals surface area contributed by atoms with Gasteiger partial charge >= 0.3 is 0 Å². The van der Waals surface area contributed by atoms with E-state index in [0.717, 1.165) is 5.57 Å². The summed E-state index contributed by atoms with van der Waals surface area (Å²) in [7, 11) is 0. The third-order valence-corrected chi connectivity index (χ3v) is 3.30. The Morgan fingerprint density at radius 3 is 2.75 bits per heavy atom. The summed E-state index contributed by atoms with van der Waals surface area (Å²) in [6.45, 7) is 0. The van der Waals surface area contributed by atoms with Gasteiger partial charge in [0.05, 0.1) is 6.04 Å². The molecule has 0 aromatic carbocycles. The van der Waals surface area contributed by atoms with Gasteiger partial charge in [0, 0.05) is 17.9 Å². The highest BCUT2D eigenvalue weighted by molar-refractivity contribution is 5.90. The molecule has 1 heterocycles. The van der Waals surface area contributed by atoms with Crippen molar-refractivity contribution in [1.29, 1.82) is 0 Å². The second-order valence-electron chi connectivity index (χ2n) is 4.30. The molecule has 3 aliphatic rings. The second-order valence-corrected chi connectivity index (χ2v) is 4.30. The van der Waals surface area contributed by atoms with E-state index in [1.165, 1.54) is 0 Å². The van der Waals surface area contributed by atoms with Gasteiger partial charge in [-0.3, -0.25) is 4.79 Å². The van der Waals surface area contributed by atoms with Crippen LogP contribution in [0, 0.1) is 11.8 Å². The van der Waals surface area contributed by atoms with Gasteiger partial charge in [0.1, 0.15) is 0 Å². The van der Waals surface area contributed by atoms with Gasteiger partial charge in [0.2, 0.25) is 5.91 Å². The van der Waals surface area contributed by atoms with Gasteiger partial charge in [0.25, 0.3) is 0 Å². The molecule has 0 saturated carbocycles. The summed E-state index contributed by atoms with van der Waals surface area (Å²) < 4.78 is 0. The van der Waals surface area contributed by atoms with E-state index in [1.807, 2.05) is 18.2 Å². The molecule has 2 heteroatoms. The first kappa shape index (κ1) is 9.40. The van der Waals surface area contributed by atoms with E-state index in [0.29, 0.717) is 11.8 Å². The Balaban J connectivity index is 2.04. The first-order valence-corrected chi connectivity index (χ1v) is 5.56. The average Bonchev–Trinajstić information content (AvgIpc) is 2.44. The van der Waals surface area contributed by atoms with Crippen LogP contribution >= 0.6 is 0 Å². The first-order valence-electron chi connectivity index (χ1n) is 5.56. The minimum absolute atomic E-state index is 0.00685. The van der Waals surface area contributed by atoms with Crippen LogP contribution in [-0.4, -0.2) is 11.9 Å². The van der Waals surface area contributed by atoms with Gasteiger partial charge in [-0.25, -0.2) is 0 Å². The Bertz CT molecular complexity index is 465. The molecule has 2 nitrogen and oxygen atoms in total. The molecule has 0 spiro atoms. The van der Waals surface area contributed by atoms with E-state index in [1.54, 1.807) is 6.08 Å². The van der Waals surface area contributed by atoms with E-state index in [-0.39, 0.29) is 11.9 Å². The molecule has 80 valence electrons. The summed E-state index contributed by atoms with van der Waals surface area (Å²) in [5, 5.41) is 3.02. The minimum Gasteiger partial charge on any atom is -0.346 e. The topological polar surface area (TPSA) is 29.1 Å². The standard InChI is InChI=1S/C14H13NO/c16-14-9-10-5-1-2-6-11(10)12-7-3-4-8-13(12)15-14/h1-9,11-13H,(H,15,16). The summed E-state index contributed by atoms with van der Waals surface area (Å²) in [6.07, 6.45) is 18.2. The summed E-state index contributed by atoms with van der Waals surface area (Å²) in [5.74, 6) is 0.659. The van der Waals surface area contributed by atoms with E-state index in [9.17, 15) is 4.79 Å². The van der Waals surface area contributed by atoms with Crippen LogP contribution < -0.4 is 5.32 Å². The van der Waals surface area contributed by atoms with Crippen molar-refractivity contribution in [3.63, 3.8) is 0 Å². The molecule has 0 fully saturated rings. The summed E-state index contributed by atoms with van der Waals surface area (Å²) in [4.78, 5) is 11.7. The monoisotopic (exact) mass is 211 g/mol. The average molecular weight is 211 g/mol. The lowest BCUT2D eigenvalue weighted by atomic mass is 9.78. The molecule has 16 heavy (non-hydrogen) atoms. The van der Waals surface area contributed by atoms with E-state index >= 15 is 0 Å². The van der Waals surface area contributed by atoms with Crippen molar-refractivity contribution in [2.45, 2.75) is 6.04 Å². The SMILES string of the molecule is O=C1C=C2C=CC=CC2C2C=CC=CC2N1. The van der Waals surface area contributed by atoms with Crippen molar-refractivity contribution in [3.05, 3.63) is 60.3 Å². The third-order valence-electron chi connectivity index (χ3n) is 3.30. The highest BCUT2D eigenvalue weighted by atomic mass is 16.1. The third kappa shape index (κ3) is 1.47. The number of fused-ring (bicyclic) bond motifs is 3. The molecule has 0 radical (unpaired) electrons. The zero-order valence-corrected chi connectivity index (χ0v) is 8.84. The lowest BCUT2D eigenvalue weighted by molar-refractivity contribution is -0.116. The molecule has 3 unspecified atom stereocenters. The molecule has 1 amide bonds. The van der Waals surface area contributed by atoms with Crippen molar-refractivity contribution in [1.82, 2.24) is 5.32 Å².